The van der Waals surface area contributed by atoms with E-state index < -0.39 is 0 Å². The quantitative estimate of drug-likeness (QED) is 0.271. The van der Waals surface area contributed by atoms with Gasteiger partial charge in [0.15, 0.2) is 0 Å². The zero-order valence-electron chi connectivity index (χ0n) is 18.9. The van der Waals surface area contributed by atoms with Crippen molar-refractivity contribution in [1.29, 1.82) is 0 Å². The average molecular weight is 355 g/mol. The Morgan fingerprint density at radius 3 is 1.16 bits per heavy atom. The van der Waals surface area contributed by atoms with Crippen molar-refractivity contribution < 1.29 is 4.74 Å². The Morgan fingerprint density at radius 2 is 0.880 bits per heavy atom. The average Bonchev–Trinajstić information content (AvgIpc) is 2.60. The first-order chi connectivity index (χ1) is 11.9. The van der Waals surface area contributed by atoms with Crippen LogP contribution in [0.4, 0.5) is 0 Å². The predicted octanol–water partition coefficient (Wildman–Crippen LogP) is 8.27. The molecule has 0 aliphatic carbocycles. The van der Waals surface area contributed by atoms with E-state index in [-0.39, 0.29) is 0 Å². The molecule has 0 aromatic carbocycles. The van der Waals surface area contributed by atoms with Gasteiger partial charge in [-0.15, -0.1) is 0 Å². The number of ether oxygens (including phenoxy) is 1. The Bertz CT molecular complexity index is 260. The van der Waals surface area contributed by atoms with Crippen LogP contribution in [-0.2, 0) is 4.74 Å². The van der Waals surface area contributed by atoms with Gasteiger partial charge in [-0.1, -0.05) is 81.1 Å². The molecule has 6 atom stereocenters. The summed E-state index contributed by atoms with van der Waals surface area (Å²) in [5, 5.41) is 0. The SMILES string of the molecule is CCCC(C)C(CCC(C)CC)OC(CCC(C)CC)C(C)CCC. The first-order valence-electron chi connectivity index (χ1n) is 11.5. The lowest BCUT2D eigenvalue weighted by Gasteiger charge is -2.33. The molecular weight excluding hydrogens is 304 g/mol. The lowest BCUT2D eigenvalue weighted by molar-refractivity contribution is -0.0761. The van der Waals surface area contributed by atoms with Gasteiger partial charge in [-0.2, -0.15) is 0 Å². The van der Waals surface area contributed by atoms with Crippen LogP contribution in [0.1, 0.15) is 120 Å². The standard InChI is InChI=1S/C24H50O/c1-9-13-21(7)23(17-15-19(5)11-3)25-24(22(8)14-10-2)18-16-20(6)12-4/h19-24H,9-18H2,1-8H3. The van der Waals surface area contributed by atoms with Crippen molar-refractivity contribution in [3.05, 3.63) is 0 Å². The fourth-order valence-electron chi connectivity index (χ4n) is 3.79. The first kappa shape index (κ1) is 25.0. The van der Waals surface area contributed by atoms with Crippen LogP contribution < -0.4 is 0 Å². The molecule has 0 aliphatic rings. The summed E-state index contributed by atoms with van der Waals surface area (Å²) in [5.74, 6) is 3.03. The Balaban J connectivity index is 4.92. The summed E-state index contributed by atoms with van der Waals surface area (Å²) >= 11 is 0. The lowest BCUT2D eigenvalue weighted by Crippen LogP contribution is -2.32. The topological polar surface area (TPSA) is 9.23 Å². The third kappa shape index (κ3) is 11.3. The predicted molar refractivity (Wildman–Crippen MR) is 114 cm³/mol. The van der Waals surface area contributed by atoms with Crippen molar-refractivity contribution in [3.63, 3.8) is 0 Å². The molecule has 0 amide bonds. The van der Waals surface area contributed by atoms with Crippen molar-refractivity contribution >= 4 is 0 Å². The van der Waals surface area contributed by atoms with E-state index in [9.17, 15) is 0 Å². The smallest absolute Gasteiger partial charge is 0.0604 e. The summed E-state index contributed by atoms with van der Waals surface area (Å²) in [6, 6.07) is 0. The second-order valence-electron chi connectivity index (χ2n) is 8.93. The summed E-state index contributed by atoms with van der Waals surface area (Å²) in [6.45, 7) is 18.9. The van der Waals surface area contributed by atoms with Gasteiger partial charge in [-0.25, -0.2) is 0 Å². The molecule has 0 N–H and O–H groups in total. The van der Waals surface area contributed by atoms with Crippen LogP contribution in [0.15, 0.2) is 0 Å². The van der Waals surface area contributed by atoms with E-state index in [1.807, 2.05) is 0 Å². The van der Waals surface area contributed by atoms with Crippen LogP contribution in [0.3, 0.4) is 0 Å². The van der Waals surface area contributed by atoms with Gasteiger partial charge < -0.3 is 4.74 Å². The molecule has 0 aromatic rings. The van der Waals surface area contributed by atoms with Crippen molar-refractivity contribution in [2.45, 2.75) is 132 Å². The lowest BCUT2D eigenvalue weighted by atomic mass is 9.89. The molecule has 0 aliphatic heterocycles. The van der Waals surface area contributed by atoms with Gasteiger partial charge in [0.1, 0.15) is 0 Å². The number of hydrogen-bond donors (Lipinski definition) is 0. The van der Waals surface area contributed by atoms with Crippen LogP contribution in [-0.4, -0.2) is 12.2 Å². The van der Waals surface area contributed by atoms with Gasteiger partial charge >= 0.3 is 0 Å². The second kappa shape index (κ2) is 15.1. The Morgan fingerprint density at radius 1 is 0.520 bits per heavy atom. The maximum atomic E-state index is 6.87. The van der Waals surface area contributed by atoms with Gasteiger partial charge in [0.05, 0.1) is 12.2 Å². The molecule has 0 saturated carbocycles. The monoisotopic (exact) mass is 354 g/mol. The molecule has 152 valence electrons. The molecule has 0 bridgehead atoms. The molecule has 1 heteroatoms. The van der Waals surface area contributed by atoms with E-state index in [0.29, 0.717) is 24.0 Å². The largest absolute Gasteiger partial charge is 0.374 e. The number of hydrogen-bond acceptors (Lipinski definition) is 1. The van der Waals surface area contributed by atoms with Crippen LogP contribution in [0.2, 0.25) is 0 Å². The Kier molecular flexibility index (Phi) is 15.0. The number of rotatable bonds is 16. The fourth-order valence-corrected chi connectivity index (χ4v) is 3.79. The highest BCUT2D eigenvalue weighted by atomic mass is 16.5. The van der Waals surface area contributed by atoms with E-state index in [2.05, 4.69) is 55.4 Å². The summed E-state index contributed by atoms with van der Waals surface area (Å²) in [5.41, 5.74) is 0. The highest BCUT2D eigenvalue weighted by Gasteiger charge is 2.26. The van der Waals surface area contributed by atoms with E-state index in [4.69, 9.17) is 4.74 Å². The third-order valence-corrected chi connectivity index (χ3v) is 6.39. The zero-order valence-corrected chi connectivity index (χ0v) is 18.9. The normalized spacial score (nSPS) is 19.2. The van der Waals surface area contributed by atoms with E-state index >= 15 is 0 Å². The molecule has 0 saturated heterocycles. The van der Waals surface area contributed by atoms with E-state index in [0.717, 1.165) is 11.8 Å². The highest BCUT2D eigenvalue weighted by molar-refractivity contribution is 4.75. The van der Waals surface area contributed by atoms with Crippen LogP contribution in [0.5, 0.6) is 0 Å². The molecule has 0 rings (SSSR count). The molecule has 0 spiro atoms. The summed E-state index contributed by atoms with van der Waals surface area (Å²) in [7, 11) is 0. The van der Waals surface area contributed by atoms with Gasteiger partial charge in [0, 0.05) is 0 Å². The minimum absolute atomic E-state index is 0.454. The van der Waals surface area contributed by atoms with Crippen molar-refractivity contribution in [3.8, 4) is 0 Å². The first-order valence-corrected chi connectivity index (χ1v) is 11.5. The molecule has 6 unspecified atom stereocenters. The van der Waals surface area contributed by atoms with E-state index in [1.54, 1.807) is 0 Å². The van der Waals surface area contributed by atoms with E-state index in [1.165, 1.54) is 64.2 Å². The Labute approximate surface area is 160 Å². The molecule has 0 radical (unpaired) electrons. The molecule has 0 aromatic heterocycles. The van der Waals surface area contributed by atoms with Gasteiger partial charge in [-0.05, 0) is 62.2 Å². The minimum Gasteiger partial charge on any atom is -0.374 e. The minimum atomic E-state index is 0.454. The molecule has 0 heterocycles. The molecule has 1 nitrogen and oxygen atoms in total. The van der Waals surface area contributed by atoms with Crippen LogP contribution in [0.25, 0.3) is 0 Å². The molecule has 25 heavy (non-hydrogen) atoms. The van der Waals surface area contributed by atoms with Crippen molar-refractivity contribution in [1.82, 2.24) is 0 Å². The van der Waals surface area contributed by atoms with Gasteiger partial charge in [-0.3, -0.25) is 0 Å². The fraction of sp³-hybridized carbons (Fsp3) is 1.00. The molecule has 0 fully saturated rings. The summed E-state index contributed by atoms with van der Waals surface area (Å²) < 4.78 is 6.87. The Hall–Kier alpha value is -0.0400. The summed E-state index contributed by atoms with van der Waals surface area (Å²) in [6.07, 6.45) is 13.7. The van der Waals surface area contributed by atoms with Crippen molar-refractivity contribution in [2.75, 3.05) is 0 Å². The molecular formula is C24H50O. The van der Waals surface area contributed by atoms with Gasteiger partial charge in [0.25, 0.3) is 0 Å². The van der Waals surface area contributed by atoms with Gasteiger partial charge in [0.2, 0.25) is 0 Å². The summed E-state index contributed by atoms with van der Waals surface area (Å²) in [4.78, 5) is 0. The highest BCUT2D eigenvalue weighted by Crippen LogP contribution is 2.29. The van der Waals surface area contributed by atoms with Crippen LogP contribution in [0, 0.1) is 23.7 Å². The third-order valence-electron chi connectivity index (χ3n) is 6.39. The van der Waals surface area contributed by atoms with Crippen molar-refractivity contribution in [2.24, 2.45) is 23.7 Å². The maximum absolute atomic E-state index is 6.87. The van der Waals surface area contributed by atoms with Crippen LogP contribution >= 0.6 is 0 Å². The second-order valence-corrected chi connectivity index (χ2v) is 8.93. The zero-order chi connectivity index (χ0) is 19.2. The maximum Gasteiger partial charge on any atom is 0.0604 e.